The minimum Gasteiger partial charge on any atom is -0.484 e. The van der Waals surface area contributed by atoms with Crippen LogP contribution in [-0.2, 0) is 11.2 Å². The van der Waals surface area contributed by atoms with Crippen LogP contribution in [0.3, 0.4) is 0 Å². The third-order valence-corrected chi connectivity index (χ3v) is 3.60. The van der Waals surface area contributed by atoms with Crippen molar-refractivity contribution in [1.29, 1.82) is 0 Å². The summed E-state index contributed by atoms with van der Waals surface area (Å²) in [5.41, 5.74) is 3.49. The number of carbonyl (C=O) groups is 2. The van der Waals surface area contributed by atoms with Crippen LogP contribution < -0.4 is 26.1 Å². The zero-order valence-corrected chi connectivity index (χ0v) is 15.7. The SMILES string of the molecule is CCNC(=O)COc1ccc(CCNC(=O)N/N=C/C(CC)NC)cc1. The van der Waals surface area contributed by atoms with Gasteiger partial charge in [0.2, 0.25) is 0 Å². The lowest BCUT2D eigenvalue weighted by Gasteiger charge is -2.08. The van der Waals surface area contributed by atoms with Crippen LogP contribution in [0.1, 0.15) is 25.8 Å². The number of rotatable bonds is 11. The standard InChI is InChI=1S/C18H29N5O3/c1-4-15(19-3)12-22-23-18(25)21-11-10-14-6-8-16(9-7-14)26-13-17(24)20-5-2/h6-9,12,15,19H,4-5,10-11,13H2,1-3H3,(H,20,24)(H2,21,23,25)/b22-12+. The normalized spacial score (nSPS) is 11.8. The Hall–Kier alpha value is -2.61. The van der Waals surface area contributed by atoms with Gasteiger partial charge in [0.15, 0.2) is 6.61 Å². The van der Waals surface area contributed by atoms with Gasteiger partial charge in [-0.15, -0.1) is 0 Å². The van der Waals surface area contributed by atoms with E-state index in [9.17, 15) is 9.59 Å². The summed E-state index contributed by atoms with van der Waals surface area (Å²) in [5, 5.41) is 12.4. The lowest BCUT2D eigenvalue weighted by atomic mass is 10.1. The van der Waals surface area contributed by atoms with Crippen LogP contribution in [0.25, 0.3) is 0 Å². The van der Waals surface area contributed by atoms with Gasteiger partial charge in [-0.2, -0.15) is 5.10 Å². The van der Waals surface area contributed by atoms with E-state index in [1.54, 1.807) is 6.21 Å². The summed E-state index contributed by atoms with van der Waals surface area (Å²) >= 11 is 0. The van der Waals surface area contributed by atoms with Gasteiger partial charge in [0, 0.05) is 25.3 Å². The molecule has 1 aromatic rings. The maximum absolute atomic E-state index is 11.6. The van der Waals surface area contributed by atoms with E-state index in [0.717, 1.165) is 12.0 Å². The summed E-state index contributed by atoms with van der Waals surface area (Å²) in [5.74, 6) is 0.490. The molecule has 0 aliphatic carbocycles. The first kappa shape index (κ1) is 21.4. The average Bonchev–Trinajstić information content (AvgIpc) is 2.65. The largest absolute Gasteiger partial charge is 0.484 e. The molecule has 0 aliphatic rings. The van der Waals surface area contributed by atoms with E-state index in [-0.39, 0.29) is 24.6 Å². The molecule has 0 bridgehead atoms. The third-order valence-electron chi connectivity index (χ3n) is 3.60. The van der Waals surface area contributed by atoms with Gasteiger partial charge >= 0.3 is 6.03 Å². The fourth-order valence-electron chi connectivity index (χ4n) is 2.08. The van der Waals surface area contributed by atoms with E-state index in [0.29, 0.717) is 25.3 Å². The Morgan fingerprint density at radius 3 is 2.54 bits per heavy atom. The van der Waals surface area contributed by atoms with Crippen molar-refractivity contribution in [2.24, 2.45) is 5.10 Å². The second-order valence-electron chi connectivity index (χ2n) is 5.59. The number of carbonyl (C=O) groups excluding carboxylic acids is 2. The minimum atomic E-state index is -0.339. The summed E-state index contributed by atoms with van der Waals surface area (Å²) in [6.07, 6.45) is 3.24. The van der Waals surface area contributed by atoms with Crippen LogP contribution in [0.4, 0.5) is 4.79 Å². The quantitative estimate of drug-likeness (QED) is 0.348. The topological polar surface area (TPSA) is 104 Å². The molecule has 0 saturated carbocycles. The monoisotopic (exact) mass is 363 g/mol. The summed E-state index contributed by atoms with van der Waals surface area (Å²) < 4.78 is 5.39. The number of nitrogens with one attached hydrogen (secondary N) is 4. The van der Waals surface area contributed by atoms with Gasteiger partial charge in [0.1, 0.15) is 5.75 Å². The van der Waals surface area contributed by atoms with Gasteiger partial charge in [0.05, 0.1) is 0 Å². The molecule has 26 heavy (non-hydrogen) atoms. The van der Waals surface area contributed by atoms with Crippen molar-refractivity contribution < 1.29 is 14.3 Å². The molecule has 144 valence electrons. The molecule has 1 rings (SSSR count). The number of ether oxygens (including phenoxy) is 1. The van der Waals surface area contributed by atoms with Gasteiger partial charge in [-0.05, 0) is 44.5 Å². The Bertz CT molecular complexity index is 571. The summed E-state index contributed by atoms with van der Waals surface area (Å²) in [7, 11) is 1.84. The van der Waals surface area contributed by atoms with Crippen LogP contribution in [0.15, 0.2) is 29.4 Å². The molecule has 0 heterocycles. The molecule has 1 unspecified atom stereocenters. The molecule has 0 spiro atoms. The first-order valence-electron chi connectivity index (χ1n) is 8.81. The Balaban J connectivity index is 2.26. The fraction of sp³-hybridized carbons (Fsp3) is 0.500. The first-order valence-corrected chi connectivity index (χ1v) is 8.81. The molecule has 0 saturated heterocycles. The highest BCUT2D eigenvalue weighted by molar-refractivity contribution is 5.77. The number of nitrogens with zero attached hydrogens (tertiary/aromatic N) is 1. The average molecular weight is 363 g/mol. The van der Waals surface area contributed by atoms with Crippen LogP contribution in [0.2, 0.25) is 0 Å². The van der Waals surface area contributed by atoms with Crippen molar-refractivity contribution >= 4 is 18.2 Å². The van der Waals surface area contributed by atoms with Crippen LogP contribution in [0.5, 0.6) is 5.75 Å². The van der Waals surface area contributed by atoms with Crippen molar-refractivity contribution in [1.82, 2.24) is 21.4 Å². The number of hydrogen-bond acceptors (Lipinski definition) is 5. The van der Waals surface area contributed by atoms with Crippen molar-refractivity contribution in [3.63, 3.8) is 0 Å². The molecule has 0 aliphatic heterocycles. The zero-order valence-electron chi connectivity index (χ0n) is 15.7. The fourth-order valence-corrected chi connectivity index (χ4v) is 2.08. The van der Waals surface area contributed by atoms with Crippen molar-refractivity contribution in [3.05, 3.63) is 29.8 Å². The molecule has 1 aromatic carbocycles. The van der Waals surface area contributed by atoms with Gasteiger partial charge < -0.3 is 20.7 Å². The summed E-state index contributed by atoms with van der Waals surface area (Å²) in [6.45, 7) is 4.97. The lowest BCUT2D eigenvalue weighted by molar-refractivity contribution is -0.122. The maximum Gasteiger partial charge on any atom is 0.335 e. The van der Waals surface area contributed by atoms with E-state index in [4.69, 9.17) is 4.74 Å². The maximum atomic E-state index is 11.6. The molecular weight excluding hydrogens is 334 g/mol. The van der Waals surface area contributed by atoms with Gasteiger partial charge in [-0.1, -0.05) is 19.1 Å². The number of hydrogen-bond donors (Lipinski definition) is 4. The van der Waals surface area contributed by atoms with Crippen LogP contribution >= 0.6 is 0 Å². The van der Waals surface area contributed by atoms with E-state index < -0.39 is 0 Å². The van der Waals surface area contributed by atoms with E-state index in [1.807, 2.05) is 45.2 Å². The predicted octanol–water partition coefficient (Wildman–Crippen LogP) is 1.03. The highest BCUT2D eigenvalue weighted by Crippen LogP contribution is 2.12. The number of likely N-dealkylation sites (N-methyl/N-ethyl adjacent to an activating group) is 1. The lowest BCUT2D eigenvalue weighted by Crippen LogP contribution is -2.35. The summed E-state index contributed by atoms with van der Waals surface area (Å²) in [6, 6.07) is 7.23. The zero-order chi connectivity index (χ0) is 19.2. The first-order chi connectivity index (χ1) is 12.6. The molecule has 4 N–H and O–H groups in total. The third kappa shape index (κ3) is 9.03. The summed E-state index contributed by atoms with van der Waals surface area (Å²) in [4.78, 5) is 23.0. The Morgan fingerprint density at radius 2 is 1.92 bits per heavy atom. The Labute approximate surface area is 154 Å². The van der Waals surface area contributed by atoms with Crippen molar-refractivity contribution in [2.45, 2.75) is 32.7 Å². The van der Waals surface area contributed by atoms with Crippen LogP contribution in [0, 0.1) is 0 Å². The van der Waals surface area contributed by atoms with Gasteiger partial charge in [-0.25, -0.2) is 10.2 Å². The Morgan fingerprint density at radius 1 is 1.19 bits per heavy atom. The highest BCUT2D eigenvalue weighted by Gasteiger charge is 2.02. The van der Waals surface area contributed by atoms with E-state index >= 15 is 0 Å². The highest BCUT2D eigenvalue weighted by atomic mass is 16.5. The second kappa shape index (κ2) is 12.7. The van der Waals surface area contributed by atoms with E-state index in [2.05, 4.69) is 26.5 Å². The molecule has 0 aromatic heterocycles. The molecular formula is C18H29N5O3. The van der Waals surface area contributed by atoms with Crippen molar-refractivity contribution in [2.75, 3.05) is 26.7 Å². The minimum absolute atomic E-state index is 0.00186. The molecule has 8 nitrogen and oxygen atoms in total. The smallest absolute Gasteiger partial charge is 0.335 e. The van der Waals surface area contributed by atoms with Gasteiger partial charge in [-0.3, -0.25) is 4.79 Å². The van der Waals surface area contributed by atoms with Crippen molar-refractivity contribution in [3.8, 4) is 5.75 Å². The second-order valence-corrected chi connectivity index (χ2v) is 5.59. The molecule has 3 amide bonds. The van der Waals surface area contributed by atoms with E-state index in [1.165, 1.54) is 0 Å². The Kier molecular flexibility index (Phi) is 10.5. The number of urea groups is 1. The van der Waals surface area contributed by atoms with Crippen LogP contribution in [-0.4, -0.2) is 50.9 Å². The number of amides is 3. The molecule has 0 radical (unpaired) electrons. The number of benzene rings is 1. The molecule has 1 atom stereocenters. The molecule has 8 heteroatoms. The van der Waals surface area contributed by atoms with Gasteiger partial charge in [0.25, 0.3) is 5.91 Å². The molecule has 0 fully saturated rings. The number of hydrazone groups is 1. The predicted molar refractivity (Wildman–Crippen MR) is 102 cm³/mol.